The van der Waals surface area contributed by atoms with E-state index in [0.29, 0.717) is 54.3 Å². The van der Waals surface area contributed by atoms with Crippen molar-refractivity contribution in [2.24, 2.45) is 0 Å². The van der Waals surface area contributed by atoms with Crippen molar-refractivity contribution in [1.82, 2.24) is 4.90 Å². The van der Waals surface area contributed by atoms with E-state index in [1.807, 2.05) is 32.0 Å². The maximum atomic E-state index is 13.0. The first-order valence-electron chi connectivity index (χ1n) is 11.6. The predicted molar refractivity (Wildman–Crippen MR) is 127 cm³/mol. The quantitative estimate of drug-likeness (QED) is 0.592. The van der Waals surface area contributed by atoms with E-state index in [4.69, 9.17) is 14.2 Å². The van der Waals surface area contributed by atoms with Crippen molar-refractivity contribution < 1.29 is 28.6 Å². The number of nitrogens with zero attached hydrogens (tertiary/aromatic N) is 1. The Labute approximate surface area is 200 Å². The van der Waals surface area contributed by atoms with Crippen LogP contribution < -0.4 is 14.2 Å². The second kappa shape index (κ2) is 9.49. The normalized spacial score (nSPS) is 16.6. The van der Waals surface area contributed by atoms with E-state index in [1.165, 1.54) is 7.11 Å². The molecule has 0 aliphatic carbocycles. The summed E-state index contributed by atoms with van der Waals surface area (Å²) in [6.07, 6.45) is 1.71. The molecule has 2 aliphatic rings. The molecule has 180 valence electrons. The highest BCUT2D eigenvalue weighted by Crippen LogP contribution is 2.44. The fourth-order valence-corrected chi connectivity index (χ4v) is 4.73. The minimum absolute atomic E-state index is 0.0226. The van der Waals surface area contributed by atoms with Gasteiger partial charge in [-0.3, -0.25) is 14.4 Å². The average molecular weight is 466 g/mol. The molecule has 2 heterocycles. The number of ketones is 2. The van der Waals surface area contributed by atoms with Crippen LogP contribution in [-0.2, 0) is 4.79 Å². The lowest BCUT2D eigenvalue weighted by atomic mass is 9.82. The Hall–Kier alpha value is -3.35. The van der Waals surface area contributed by atoms with Crippen molar-refractivity contribution in [2.75, 3.05) is 27.3 Å². The van der Waals surface area contributed by atoms with Gasteiger partial charge in [-0.25, -0.2) is 0 Å². The highest BCUT2D eigenvalue weighted by molar-refractivity contribution is 6.03. The van der Waals surface area contributed by atoms with Gasteiger partial charge in [0.1, 0.15) is 28.4 Å². The molecule has 0 radical (unpaired) electrons. The Morgan fingerprint density at radius 1 is 1.00 bits per heavy atom. The van der Waals surface area contributed by atoms with Crippen molar-refractivity contribution in [1.29, 1.82) is 0 Å². The molecule has 4 rings (SSSR count). The molecule has 1 saturated heterocycles. The van der Waals surface area contributed by atoms with Crippen LogP contribution in [0.3, 0.4) is 0 Å². The van der Waals surface area contributed by atoms with Gasteiger partial charge in [0, 0.05) is 56.5 Å². The van der Waals surface area contributed by atoms with E-state index in [-0.39, 0.29) is 36.7 Å². The Kier molecular flexibility index (Phi) is 6.64. The standard InChI is InChI=1S/C27H31NO6/c1-17-5-6-19(13-18(17)2)21(29)7-8-25(31)28-11-9-27(10-12-28)16-22(30)26-23(33-4)14-20(32-3)15-24(26)34-27/h5-6,13-15H,7-12,16H2,1-4H3. The van der Waals surface area contributed by atoms with Crippen molar-refractivity contribution in [3.05, 3.63) is 52.6 Å². The Morgan fingerprint density at radius 2 is 1.74 bits per heavy atom. The first kappa shape index (κ1) is 23.8. The average Bonchev–Trinajstić information content (AvgIpc) is 2.83. The number of ether oxygens (including phenoxy) is 3. The number of carbonyl (C=O) groups is 3. The molecule has 7 heteroatoms. The second-order valence-corrected chi connectivity index (χ2v) is 9.19. The highest BCUT2D eigenvalue weighted by atomic mass is 16.5. The van der Waals surface area contributed by atoms with Gasteiger partial charge in [0.25, 0.3) is 0 Å². The molecule has 0 atom stereocenters. The summed E-state index contributed by atoms with van der Waals surface area (Å²) in [4.78, 5) is 40.1. The first-order valence-corrected chi connectivity index (χ1v) is 11.6. The van der Waals surface area contributed by atoms with Crippen LogP contribution in [-0.4, -0.2) is 55.3 Å². The van der Waals surface area contributed by atoms with Crippen LogP contribution >= 0.6 is 0 Å². The van der Waals surface area contributed by atoms with Gasteiger partial charge in [-0.2, -0.15) is 0 Å². The van der Waals surface area contributed by atoms with Crippen LogP contribution in [0.2, 0.25) is 0 Å². The van der Waals surface area contributed by atoms with Gasteiger partial charge < -0.3 is 19.1 Å². The van der Waals surface area contributed by atoms with Crippen molar-refractivity contribution in [3.63, 3.8) is 0 Å². The van der Waals surface area contributed by atoms with Gasteiger partial charge >= 0.3 is 0 Å². The van der Waals surface area contributed by atoms with Gasteiger partial charge in [-0.05, 0) is 31.0 Å². The number of methoxy groups -OCH3 is 2. The summed E-state index contributed by atoms with van der Waals surface area (Å²) in [6.45, 7) is 4.95. The lowest BCUT2D eigenvalue weighted by Crippen LogP contribution is -2.52. The van der Waals surface area contributed by atoms with Gasteiger partial charge in [0.2, 0.25) is 5.91 Å². The Bertz CT molecular complexity index is 1130. The molecule has 0 aromatic heterocycles. The summed E-state index contributed by atoms with van der Waals surface area (Å²) in [5.74, 6) is 1.37. The van der Waals surface area contributed by atoms with E-state index in [1.54, 1.807) is 24.1 Å². The van der Waals surface area contributed by atoms with Gasteiger partial charge in [0.05, 0.1) is 20.6 Å². The minimum atomic E-state index is -0.645. The molecular weight excluding hydrogens is 434 g/mol. The molecule has 1 fully saturated rings. The molecular formula is C27H31NO6. The van der Waals surface area contributed by atoms with E-state index >= 15 is 0 Å². The number of rotatable bonds is 6. The summed E-state index contributed by atoms with van der Waals surface area (Å²) in [6, 6.07) is 9.03. The molecule has 1 spiro atoms. The van der Waals surface area contributed by atoms with Crippen molar-refractivity contribution in [2.45, 2.75) is 51.6 Å². The number of piperidine rings is 1. The molecule has 2 aliphatic heterocycles. The third-order valence-electron chi connectivity index (χ3n) is 7.01. The monoisotopic (exact) mass is 465 g/mol. The zero-order valence-corrected chi connectivity index (χ0v) is 20.2. The molecule has 0 N–H and O–H groups in total. The predicted octanol–water partition coefficient (Wildman–Crippen LogP) is 4.31. The van der Waals surface area contributed by atoms with Crippen LogP contribution in [0.5, 0.6) is 17.2 Å². The third-order valence-corrected chi connectivity index (χ3v) is 7.01. The van der Waals surface area contributed by atoms with Gasteiger partial charge in [-0.15, -0.1) is 0 Å². The largest absolute Gasteiger partial charge is 0.496 e. The van der Waals surface area contributed by atoms with Crippen LogP contribution in [0.1, 0.15) is 63.9 Å². The van der Waals surface area contributed by atoms with Crippen molar-refractivity contribution in [3.8, 4) is 17.2 Å². The van der Waals surface area contributed by atoms with Crippen LogP contribution in [0.15, 0.2) is 30.3 Å². The smallest absolute Gasteiger partial charge is 0.223 e. The topological polar surface area (TPSA) is 82.1 Å². The van der Waals surface area contributed by atoms with Gasteiger partial charge in [-0.1, -0.05) is 12.1 Å². The number of likely N-dealkylation sites (tertiary alicyclic amines) is 1. The molecule has 2 aromatic rings. The minimum Gasteiger partial charge on any atom is -0.496 e. The molecule has 2 aromatic carbocycles. The number of aryl methyl sites for hydroxylation is 2. The molecule has 1 amide bonds. The maximum Gasteiger partial charge on any atom is 0.223 e. The molecule has 34 heavy (non-hydrogen) atoms. The summed E-state index contributed by atoms with van der Waals surface area (Å²) in [5.41, 5.74) is 2.65. The number of amides is 1. The van der Waals surface area contributed by atoms with E-state index in [0.717, 1.165) is 11.1 Å². The van der Waals surface area contributed by atoms with E-state index < -0.39 is 5.60 Å². The SMILES string of the molecule is COc1cc(OC)c2c(c1)OC1(CCN(C(=O)CCC(=O)c3ccc(C)c(C)c3)CC1)CC2=O. The number of hydrogen-bond acceptors (Lipinski definition) is 6. The lowest BCUT2D eigenvalue weighted by Gasteiger charge is -2.44. The fourth-order valence-electron chi connectivity index (χ4n) is 4.73. The first-order chi connectivity index (χ1) is 16.2. The summed E-state index contributed by atoms with van der Waals surface area (Å²) < 4.78 is 17.0. The molecule has 0 unspecified atom stereocenters. The van der Waals surface area contributed by atoms with E-state index in [9.17, 15) is 14.4 Å². The zero-order chi connectivity index (χ0) is 24.5. The fraction of sp³-hybridized carbons (Fsp3) is 0.444. The summed E-state index contributed by atoms with van der Waals surface area (Å²) in [7, 11) is 3.07. The van der Waals surface area contributed by atoms with Crippen LogP contribution in [0.4, 0.5) is 0 Å². The number of fused-ring (bicyclic) bond motifs is 1. The summed E-state index contributed by atoms with van der Waals surface area (Å²) in [5, 5.41) is 0. The van der Waals surface area contributed by atoms with Crippen LogP contribution in [0, 0.1) is 13.8 Å². The second-order valence-electron chi connectivity index (χ2n) is 9.19. The number of hydrogen-bond donors (Lipinski definition) is 0. The lowest BCUT2D eigenvalue weighted by molar-refractivity contribution is -0.134. The maximum absolute atomic E-state index is 13.0. The summed E-state index contributed by atoms with van der Waals surface area (Å²) >= 11 is 0. The Balaban J connectivity index is 1.37. The molecule has 0 saturated carbocycles. The zero-order valence-electron chi connectivity index (χ0n) is 20.2. The number of Topliss-reactive ketones (excluding diaryl/α,β-unsaturated/α-hetero) is 2. The highest BCUT2D eigenvalue weighted by Gasteiger charge is 2.44. The van der Waals surface area contributed by atoms with Gasteiger partial charge in [0.15, 0.2) is 11.6 Å². The van der Waals surface area contributed by atoms with Crippen LogP contribution in [0.25, 0.3) is 0 Å². The van der Waals surface area contributed by atoms with Crippen molar-refractivity contribution >= 4 is 17.5 Å². The molecule has 7 nitrogen and oxygen atoms in total. The van der Waals surface area contributed by atoms with E-state index in [2.05, 4.69) is 0 Å². The number of benzene rings is 2. The molecule has 0 bridgehead atoms. The Morgan fingerprint density at radius 3 is 2.38 bits per heavy atom. The number of carbonyl (C=O) groups excluding carboxylic acids is 3. The third kappa shape index (κ3) is 4.65.